The summed E-state index contributed by atoms with van der Waals surface area (Å²) < 4.78 is 0. The molecule has 0 atom stereocenters. The predicted octanol–water partition coefficient (Wildman–Crippen LogP) is 0.605. The van der Waals surface area contributed by atoms with Crippen LogP contribution in [-0.4, -0.2) is 19.6 Å². The van der Waals surface area contributed by atoms with Crippen LogP contribution in [0.3, 0.4) is 0 Å². The molecule has 0 radical (unpaired) electrons. The van der Waals surface area contributed by atoms with Crippen LogP contribution in [0.4, 0.5) is 0 Å². The molecule has 0 saturated heterocycles. The van der Waals surface area contributed by atoms with E-state index in [0.717, 1.165) is 6.54 Å². The summed E-state index contributed by atoms with van der Waals surface area (Å²) in [4.78, 5) is 3.97. The van der Waals surface area contributed by atoms with Gasteiger partial charge in [0.2, 0.25) is 5.96 Å². The lowest BCUT2D eigenvalue weighted by Gasteiger charge is -2.16. The van der Waals surface area contributed by atoms with Gasteiger partial charge in [-0.15, -0.1) is 0 Å². The van der Waals surface area contributed by atoms with Gasteiger partial charge in [0, 0.05) is 13.6 Å². The van der Waals surface area contributed by atoms with E-state index in [-0.39, 0.29) is 0 Å². The molecule has 0 heterocycles. The summed E-state index contributed by atoms with van der Waals surface area (Å²) in [6.07, 6.45) is 5.25. The topological polar surface area (TPSA) is 62.4 Å². The minimum Gasteiger partial charge on any atom is -0.355 e. The third kappa shape index (κ3) is 2.88. The Morgan fingerprint density at radius 2 is 2.23 bits per heavy atom. The average Bonchev–Trinajstić information content (AvgIpc) is 2.88. The maximum Gasteiger partial charge on any atom is 0.205 e. The first-order valence-corrected chi connectivity index (χ1v) is 4.93. The van der Waals surface area contributed by atoms with Crippen molar-refractivity contribution in [2.75, 3.05) is 13.6 Å². The standard InChI is InChI=1S/C9H20N4/c1-3-4-9(5-6-9)7-12-8(11-2)13-10/h3-7,10H2,1-2H3,(H2,11,12,13). The maximum absolute atomic E-state index is 5.26. The van der Waals surface area contributed by atoms with Crippen LogP contribution < -0.4 is 16.6 Å². The third-order valence-electron chi connectivity index (χ3n) is 2.73. The first-order valence-electron chi connectivity index (χ1n) is 4.93. The van der Waals surface area contributed by atoms with Crippen LogP contribution in [0.5, 0.6) is 0 Å². The van der Waals surface area contributed by atoms with E-state index in [4.69, 9.17) is 5.84 Å². The predicted molar refractivity (Wildman–Crippen MR) is 55.3 cm³/mol. The van der Waals surface area contributed by atoms with Gasteiger partial charge < -0.3 is 5.32 Å². The summed E-state index contributed by atoms with van der Waals surface area (Å²) in [6, 6.07) is 0. The maximum atomic E-state index is 5.26. The zero-order chi connectivity index (χ0) is 9.73. The van der Waals surface area contributed by atoms with Gasteiger partial charge in [-0.3, -0.25) is 10.4 Å². The molecule has 0 unspecified atom stereocenters. The summed E-state index contributed by atoms with van der Waals surface area (Å²) in [7, 11) is 1.72. The van der Waals surface area contributed by atoms with Gasteiger partial charge in [-0.2, -0.15) is 0 Å². The van der Waals surface area contributed by atoms with Crippen molar-refractivity contribution in [2.45, 2.75) is 32.6 Å². The van der Waals surface area contributed by atoms with E-state index in [0.29, 0.717) is 11.4 Å². The molecule has 1 aliphatic rings. The number of nitrogens with zero attached hydrogens (tertiary/aromatic N) is 1. The lowest BCUT2D eigenvalue weighted by Crippen LogP contribution is -2.43. The minimum atomic E-state index is 0.543. The van der Waals surface area contributed by atoms with Crippen LogP contribution in [0.2, 0.25) is 0 Å². The lowest BCUT2D eigenvalue weighted by molar-refractivity contribution is 0.450. The molecule has 1 fully saturated rings. The van der Waals surface area contributed by atoms with Crippen molar-refractivity contribution < 1.29 is 0 Å². The summed E-state index contributed by atoms with van der Waals surface area (Å²) in [5.74, 6) is 5.95. The number of hydrazine groups is 1. The molecule has 1 aliphatic carbocycles. The number of nitrogens with one attached hydrogen (secondary N) is 2. The van der Waals surface area contributed by atoms with Gasteiger partial charge in [-0.1, -0.05) is 13.3 Å². The Balaban J connectivity index is 2.25. The van der Waals surface area contributed by atoms with Crippen molar-refractivity contribution in [3.8, 4) is 0 Å². The number of hydrogen-bond acceptors (Lipinski definition) is 2. The molecule has 4 heteroatoms. The summed E-state index contributed by atoms with van der Waals surface area (Å²) >= 11 is 0. The minimum absolute atomic E-state index is 0.543. The van der Waals surface area contributed by atoms with Crippen molar-refractivity contribution in [1.29, 1.82) is 0 Å². The second-order valence-corrected chi connectivity index (χ2v) is 3.82. The molecule has 0 aromatic rings. The number of nitrogens with two attached hydrogens (primary N) is 1. The van der Waals surface area contributed by atoms with Gasteiger partial charge in [-0.25, -0.2) is 5.84 Å². The average molecular weight is 184 g/mol. The zero-order valence-corrected chi connectivity index (χ0v) is 8.56. The van der Waals surface area contributed by atoms with E-state index < -0.39 is 0 Å². The van der Waals surface area contributed by atoms with E-state index in [1.54, 1.807) is 7.05 Å². The van der Waals surface area contributed by atoms with Gasteiger partial charge in [0.1, 0.15) is 0 Å². The van der Waals surface area contributed by atoms with Gasteiger partial charge in [0.25, 0.3) is 0 Å². The number of hydrogen-bond donors (Lipinski definition) is 3. The highest BCUT2D eigenvalue weighted by Gasteiger charge is 2.41. The summed E-state index contributed by atoms with van der Waals surface area (Å²) in [5.41, 5.74) is 3.08. The van der Waals surface area contributed by atoms with Crippen molar-refractivity contribution >= 4 is 5.96 Å². The van der Waals surface area contributed by atoms with Gasteiger partial charge in [0.05, 0.1) is 0 Å². The molecule has 13 heavy (non-hydrogen) atoms. The fraction of sp³-hybridized carbons (Fsp3) is 0.889. The summed E-state index contributed by atoms with van der Waals surface area (Å²) in [5, 5.41) is 3.22. The van der Waals surface area contributed by atoms with Crippen molar-refractivity contribution in [3.63, 3.8) is 0 Å². The Morgan fingerprint density at radius 3 is 2.62 bits per heavy atom. The van der Waals surface area contributed by atoms with Gasteiger partial charge >= 0.3 is 0 Å². The second kappa shape index (κ2) is 4.46. The van der Waals surface area contributed by atoms with Gasteiger partial charge in [0.15, 0.2) is 0 Å². The lowest BCUT2D eigenvalue weighted by atomic mass is 10.0. The van der Waals surface area contributed by atoms with E-state index in [9.17, 15) is 0 Å². The summed E-state index contributed by atoms with van der Waals surface area (Å²) in [6.45, 7) is 3.23. The highest BCUT2D eigenvalue weighted by atomic mass is 15.3. The van der Waals surface area contributed by atoms with Crippen LogP contribution in [0, 0.1) is 5.41 Å². The van der Waals surface area contributed by atoms with E-state index in [1.165, 1.54) is 25.7 Å². The molecule has 4 nitrogen and oxygen atoms in total. The Labute approximate surface area is 80.0 Å². The highest BCUT2D eigenvalue weighted by Crippen LogP contribution is 2.48. The molecule has 0 aromatic carbocycles. The first-order chi connectivity index (χ1) is 6.26. The van der Waals surface area contributed by atoms with Crippen molar-refractivity contribution in [1.82, 2.24) is 10.7 Å². The monoisotopic (exact) mass is 184 g/mol. The van der Waals surface area contributed by atoms with Crippen LogP contribution in [0.1, 0.15) is 32.6 Å². The molecule has 0 bridgehead atoms. The molecule has 0 amide bonds. The van der Waals surface area contributed by atoms with Crippen molar-refractivity contribution in [2.24, 2.45) is 16.3 Å². The molecule has 1 rings (SSSR count). The smallest absolute Gasteiger partial charge is 0.205 e. The highest BCUT2D eigenvalue weighted by molar-refractivity contribution is 5.79. The Kier molecular flexibility index (Phi) is 3.54. The molecule has 0 aliphatic heterocycles. The quantitative estimate of drug-likeness (QED) is 0.259. The van der Waals surface area contributed by atoms with Crippen LogP contribution >= 0.6 is 0 Å². The molecular formula is C9H20N4. The molecular weight excluding hydrogens is 164 g/mol. The SMILES string of the molecule is CCCC1(CNC(=NC)NN)CC1. The Hall–Kier alpha value is -0.770. The van der Waals surface area contributed by atoms with Gasteiger partial charge in [-0.05, 0) is 24.7 Å². The third-order valence-corrected chi connectivity index (χ3v) is 2.73. The molecule has 76 valence electrons. The fourth-order valence-electron chi connectivity index (χ4n) is 1.69. The van der Waals surface area contributed by atoms with E-state index in [2.05, 4.69) is 22.7 Å². The van der Waals surface area contributed by atoms with Crippen LogP contribution in [0.25, 0.3) is 0 Å². The largest absolute Gasteiger partial charge is 0.355 e. The normalized spacial score (nSPS) is 19.8. The molecule has 0 aromatic heterocycles. The first kappa shape index (κ1) is 10.3. The number of guanidine groups is 1. The number of rotatable bonds is 4. The number of aliphatic imine (C=N–C) groups is 1. The zero-order valence-electron chi connectivity index (χ0n) is 8.56. The second-order valence-electron chi connectivity index (χ2n) is 3.82. The van der Waals surface area contributed by atoms with Crippen LogP contribution in [-0.2, 0) is 0 Å². The Morgan fingerprint density at radius 1 is 1.54 bits per heavy atom. The molecule has 1 saturated carbocycles. The fourth-order valence-corrected chi connectivity index (χ4v) is 1.69. The Bertz CT molecular complexity index is 184. The van der Waals surface area contributed by atoms with E-state index >= 15 is 0 Å². The van der Waals surface area contributed by atoms with Crippen molar-refractivity contribution in [3.05, 3.63) is 0 Å². The van der Waals surface area contributed by atoms with Crippen LogP contribution in [0.15, 0.2) is 4.99 Å². The molecule has 0 spiro atoms. The molecule has 4 N–H and O–H groups in total. The van der Waals surface area contributed by atoms with E-state index in [1.807, 2.05) is 0 Å².